The topological polar surface area (TPSA) is 175 Å². The summed E-state index contributed by atoms with van der Waals surface area (Å²) in [5.74, 6) is 0.489. The molecule has 406 valence electrons. The van der Waals surface area contributed by atoms with E-state index in [9.17, 15) is 31.6 Å². The molecule has 6 heterocycles. The van der Waals surface area contributed by atoms with E-state index >= 15 is 0 Å². The van der Waals surface area contributed by atoms with Crippen molar-refractivity contribution in [2.75, 3.05) is 0 Å². The maximum Gasteiger partial charge on any atom is 0.163 e. The van der Waals surface area contributed by atoms with E-state index in [2.05, 4.69) is 170 Å². The van der Waals surface area contributed by atoms with Gasteiger partial charge in [0.2, 0.25) is 0 Å². The van der Waals surface area contributed by atoms with Gasteiger partial charge in [0.05, 0.1) is 131 Å². The van der Waals surface area contributed by atoms with E-state index in [-0.39, 0.29) is 0 Å². The Morgan fingerprint density at radius 3 is 1.11 bits per heavy atom. The van der Waals surface area contributed by atoms with Gasteiger partial charge in [-0.05, 0) is 151 Å². The number of rotatable bonds is 6. The van der Waals surface area contributed by atoms with Gasteiger partial charge >= 0.3 is 0 Å². The molecule has 0 bridgehead atoms. The van der Waals surface area contributed by atoms with Crippen molar-refractivity contribution < 1.29 is 0 Å². The summed E-state index contributed by atoms with van der Waals surface area (Å²) in [6.45, 7) is 0. The largest absolute Gasteiger partial charge is 0.309 e. The number of pyridine rings is 1. The van der Waals surface area contributed by atoms with E-state index in [1.54, 1.807) is 23.5 Å². The van der Waals surface area contributed by atoms with Crippen LogP contribution < -0.4 is 0 Å². The zero-order valence-corrected chi connectivity index (χ0v) is 47.5. The molecule has 0 N–H and O–H groups in total. The van der Waals surface area contributed by atoms with Crippen molar-refractivity contribution in [2.45, 2.75) is 0 Å². The predicted molar refractivity (Wildman–Crippen MR) is 354 cm³/mol. The molecule has 17 rings (SSSR count). The number of thiophene rings is 1. The van der Waals surface area contributed by atoms with Crippen LogP contribution in [0.3, 0.4) is 0 Å². The minimum absolute atomic E-state index is 0.440. The Kier molecular flexibility index (Phi) is 10.9. The minimum Gasteiger partial charge on any atom is -0.309 e. The summed E-state index contributed by atoms with van der Waals surface area (Å²) in [6, 6.07) is 88.5. The van der Waals surface area contributed by atoms with Gasteiger partial charge in [0.25, 0.3) is 0 Å². The van der Waals surface area contributed by atoms with E-state index in [1.165, 1.54) is 0 Å². The summed E-state index contributed by atoms with van der Waals surface area (Å²) in [4.78, 5) is 6.23. The summed E-state index contributed by atoms with van der Waals surface area (Å²) in [6.07, 6.45) is 0. The van der Waals surface area contributed by atoms with Gasteiger partial charge in [-0.15, -0.1) is 11.3 Å². The first-order valence-electron chi connectivity index (χ1n) is 28.6. The van der Waals surface area contributed by atoms with Crippen molar-refractivity contribution in [2.24, 2.45) is 0 Å². The summed E-state index contributed by atoms with van der Waals surface area (Å²) in [5.41, 5.74) is 14.4. The molecule has 11 nitrogen and oxygen atoms in total. The van der Waals surface area contributed by atoms with Gasteiger partial charge in [-0.3, -0.25) is 4.57 Å². The van der Waals surface area contributed by atoms with Crippen LogP contribution in [0.25, 0.3) is 153 Å². The molecule has 0 spiro atoms. The SMILES string of the molecule is N#Cc1ccc2c(c1)c1cc(C#N)ccc1n2-c1nc(-c2ccc(-n3c4ccccc4c4ccccc43)cc2)c(-n2c3ccc(C#N)cc3c3cc(C#N)ccc32)c(-c2cccc3sc4ccccc4c23)c1-n1c2ccc(C#N)cc2c2cc(C#N)ccc21. The zero-order chi connectivity index (χ0) is 59.8. The van der Waals surface area contributed by atoms with Crippen molar-refractivity contribution in [1.29, 1.82) is 31.6 Å². The van der Waals surface area contributed by atoms with Crippen molar-refractivity contribution in [3.63, 3.8) is 0 Å². The normalized spacial score (nSPS) is 11.5. The van der Waals surface area contributed by atoms with Crippen LogP contribution >= 0.6 is 11.3 Å². The molecule has 89 heavy (non-hydrogen) atoms. The standard InChI is InChI=1S/C77H37N11S/c78-38-44-16-26-64-56(32-44)57-33-45(39-79)17-27-65(57)86(64)75-73(55-11-7-15-71-72(55)54-10-3-6-14-70(54)89-71)76(87-66-28-18-46(40-80)34-58(66)59-35-47(41-81)19-29-67(59)87)77(88-68-30-20-48(42-82)36-60(68)61-37-49(43-83)21-31-69(61)88)84-74(75)50-22-24-51(25-23-50)85-62-12-4-1-8-52(62)53-9-2-5-13-63(53)85/h1-37H. The number of fused-ring (bicyclic) bond motifs is 15. The molecule has 0 atom stereocenters. The van der Waals surface area contributed by atoms with Crippen LogP contribution in [-0.4, -0.2) is 23.3 Å². The molecule has 0 saturated carbocycles. The molecule has 0 aliphatic heterocycles. The quantitative estimate of drug-likeness (QED) is 0.159. The third-order valence-corrected chi connectivity index (χ3v) is 18.6. The zero-order valence-electron chi connectivity index (χ0n) is 46.7. The molecule has 0 aliphatic rings. The van der Waals surface area contributed by atoms with E-state index in [0.29, 0.717) is 56.3 Å². The highest BCUT2D eigenvalue weighted by Gasteiger charge is 2.33. The van der Waals surface area contributed by atoms with E-state index in [1.807, 2.05) is 97.1 Å². The van der Waals surface area contributed by atoms with Crippen LogP contribution in [0.4, 0.5) is 0 Å². The van der Waals surface area contributed by atoms with Crippen LogP contribution in [0.5, 0.6) is 0 Å². The number of nitrogens with zero attached hydrogens (tertiary/aromatic N) is 11. The van der Waals surface area contributed by atoms with Crippen LogP contribution in [0.2, 0.25) is 0 Å². The van der Waals surface area contributed by atoms with Gasteiger partial charge in [0.1, 0.15) is 0 Å². The summed E-state index contributed by atoms with van der Waals surface area (Å²) < 4.78 is 11.0. The number of para-hydroxylation sites is 2. The van der Waals surface area contributed by atoms with Gasteiger partial charge in [0.15, 0.2) is 5.82 Å². The third-order valence-electron chi connectivity index (χ3n) is 17.5. The molecule has 17 aromatic rings. The van der Waals surface area contributed by atoms with Crippen LogP contribution in [0.1, 0.15) is 33.4 Å². The second-order valence-corrected chi connectivity index (χ2v) is 23.2. The molecular weight excluding hydrogens is 1110 g/mol. The van der Waals surface area contributed by atoms with Gasteiger partial charge in [-0.1, -0.05) is 78.9 Å². The van der Waals surface area contributed by atoms with Gasteiger partial charge in [-0.25, -0.2) is 4.98 Å². The van der Waals surface area contributed by atoms with E-state index < -0.39 is 0 Å². The Balaban J connectivity index is 1.15. The van der Waals surface area contributed by atoms with Crippen LogP contribution in [-0.2, 0) is 0 Å². The molecule has 11 aromatic carbocycles. The lowest BCUT2D eigenvalue weighted by Gasteiger charge is -2.27. The first-order chi connectivity index (χ1) is 43.9. The fourth-order valence-electron chi connectivity index (χ4n) is 13.7. The molecule has 0 aliphatic carbocycles. The smallest absolute Gasteiger partial charge is 0.163 e. The Morgan fingerprint density at radius 1 is 0.303 bits per heavy atom. The Hall–Kier alpha value is -13.1. The number of nitriles is 6. The molecule has 0 unspecified atom stereocenters. The summed E-state index contributed by atoms with van der Waals surface area (Å²) in [5, 5.41) is 72.1. The second kappa shape index (κ2) is 19.2. The van der Waals surface area contributed by atoms with Crippen LogP contribution in [0.15, 0.2) is 224 Å². The molecule has 0 radical (unpaired) electrons. The monoisotopic (exact) mass is 1150 g/mol. The molecule has 0 fully saturated rings. The lowest BCUT2D eigenvalue weighted by atomic mass is 9.93. The predicted octanol–water partition coefficient (Wildman–Crippen LogP) is 18.4. The van der Waals surface area contributed by atoms with Crippen molar-refractivity contribution in [3.8, 4) is 81.7 Å². The van der Waals surface area contributed by atoms with E-state index in [0.717, 1.165) is 130 Å². The van der Waals surface area contributed by atoms with Crippen molar-refractivity contribution in [1.82, 2.24) is 23.3 Å². The Labute approximate surface area is 510 Å². The van der Waals surface area contributed by atoms with Gasteiger partial charge in [0, 0.05) is 80.1 Å². The molecule has 12 heteroatoms. The molecule has 6 aromatic heterocycles. The van der Waals surface area contributed by atoms with Gasteiger partial charge in [-0.2, -0.15) is 31.6 Å². The average molecular weight is 1150 g/mol. The molecule has 0 saturated heterocycles. The number of hydrogen-bond acceptors (Lipinski definition) is 8. The molecular formula is C77H37N11S. The summed E-state index contributed by atoms with van der Waals surface area (Å²) >= 11 is 1.71. The first-order valence-corrected chi connectivity index (χ1v) is 29.4. The Morgan fingerprint density at radius 2 is 0.674 bits per heavy atom. The highest BCUT2D eigenvalue weighted by molar-refractivity contribution is 7.26. The average Bonchev–Trinajstić information content (AvgIpc) is 1.69. The number of aromatic nitrogens is 5. The Bertz CT molecular complexity index is 6050. The fraction of sp³-hybridized carbons (Fsp3) is 0. The maximum absolute atomic E-state index is 10.6. The highest BCUT2D eigenvalue weighted by atomic mass is 32.1. The van der Waals surface area contributed by atoms with Crippen molar-refractivity contribution >= 4 is 119 Å². The number of benzene rings is 11. The molecule has 0 amide bonds. The maximum atomic E-state index is 10.6. The third kappa shape index (κ3) is 7.28. The van der Waals surface area contributed by atoms with Crippen molar-refractivity contribution in [3.05, 3.63) is 258 Å². The van der Waals surface area contributed by atoms with Crippen LogP contribution in [0, 0.1) is 68.0 Å². The lowest BCUT2D eigenvalue weighted by molar-refractivity contribution is 1.01. The second-order valence-electron chi connectivity index (χ2n) is 22.1. The fourth-order valence-corrected chi connectivity index (χ4v) is 14.9. The first kappa shape index (κ1) is 50.4. The van der Waals surface area contributed by atoms with Gasteiger partial charge < -0.3 is 13.7 Å². The lowest BCUT2D eigenvalue weighted by Crippen LogP contribution is -2.13. The van der Waals surface area contributed by atoms with E-state index in [4.69, 9.17) is 4.98 Å². The summed E-state index contributed by atoms with van der Waals surface area (Å²) in [7, 11) is 0. The minimum atomic E-state index is 0.440. The highest BCUT2D eigenvalue weighted by Crippen LogP contribution is 2.52. The number of hydrogen-bond donors (Lipinski definition) is 0.